The molecule has 1 heterocycles. The number of aliphatic carboxylic acids is 1. The number of hydrogen-bond acceptors (Lipinski definition) is 8. The Kier molecular flexibility index (Phi) is 11.5. The zero-order chi connectivity index (χ0) is 33.0. The Balaban J connectivity index is 2.62. The van der Waals surface area contributed by atoms with Crippen molar-refractivity contribution in [3.8, 4) is 0 Å². The van der Waals surface area contributed by atoms with Crippen molar-refractivity contribution in [2.24, 2.45) is 35.1 Å². The molecule has 2 rings (SSSR count). The molecular weight excluding hydrogens is 556 g/mol. The average Bonchev–Trinajstić information content (AvgIpc) is 3.14. The molecule has 0 spiro atoms. The van der Waals surface area contributed by atoms with Gasteiger partial charge in [0, 0.05) is 37.3 Å². The maximum Gasteiger partial charge on any atom is 0.341 e. The number of nitrogens with zero attached hydrogens (tertiary/aromatic N) is 2. The molecule has 0 aromatic heterocycles. The van der Waals surface area contributed by atoms with Gasteiger partial charge in [-0.15, -0.1) is 0 Å². The van der Waals surface area contributed by atoms with Gasteiger partial charge < -0.3 is 36.2 Å². The Morgan fingerprint density at radius 3 is 2.21 bits per heavy atom. The van der Waals surface area contributed by atoms with Gasteiger partial charge in [-0.3, -0.25) is 19.2 Å². The number of Topliss-reactive ketones (excluding diaryl/α,β-unsaturated/α-hetero) is 1. The molecule has 5 atom stereocenters. The Bertz CT molecular complexity index is 1280. The van der Waals surface area contributed by atoms with E-state index >= 15 is 0 Å². The minimum Gasteiger partial charge on any atom is -0.516 e. The number of carbonyl (C=O) groups excluding carboxylic acids is 4. The average molecular weight is 603 g/mol. The Morgan fingerprint density at radius 2 is 1.74 bits per heavy atom. The molecule has 5 unspecified atom stereocenters. The molecule has 0 radical (unpaired) electrons. The number of hydrogen-bond donors (Lipinski definition) is 4. The van der Waals surface area contributed by atoms with E-state index in [9.17, 15) is 34.2 Å². The fourth-order valence-corrected chi connectivity index (χ4v) is 6.14. The Morgan fingerprint density at radius 1 is 1.14 bits per heavy atom. The summed E-state index contributed by atoms with van der Waals surface area (Å²) in [4.78, 5) is 67.0. The number of fused-ring (bicyclic) bond motifs is 1. The van der Waals surface area contributed by atoms with Crippen LogP contribution < -0.4 is 11.5 Å². The Labute approximate surface area is 253 Å². The van der Waals surface area contributed by atoms with Crippen LogP contribution in [0, 0.1) is 23.7 Å². The summed E-state index contributed by atoms with van der Waals surface area (Å²) >= 11 is 0. The van der Waals surface area contributed by atoms with Gasteiger partial charge in [0.05, 0.1) is 23.3 Å². The fourth-order valence-electron chi connectivity index (χ4n) is 6.14. The number of nitrogens with two attached hydrogens (primary N) is 2. The smallest absolute Gasteiger partial charge is 0.341 e. The van der Waals surface area contributed by atoms with Crippen molar-refractivity contribution in [2.45, 2.75) is 72.4 Å². The lowest BCUT2D eigenvalue weighted by molar-refractivity contribution is -0.141. The minimum absolute atomic E-state index is 0.0660. The molecule has 2 aliphatic rings. The molecule has 0 aromatic carbocycles. The van der Waals surface area contributed by atoms with E-state index in [1.165, 1.54) is 15.9 Å². The van der Waals surface area contributed by atoms with Gasteiger partial charge in [0.1, 0.15) is 5.76 Å². The number of aliphatic hydroxyl groups excluding tert-OH is 1. The summed E-state index contributed by atoms with van der Waals surface area (Å²) in [6, 6.07) is -0.320. The van der Waals surface area contributed by atoms with Crippen molar-refractivity contribution in [1.29, 1.82) is 0 Å². The number of primary amides is 1. The van der Waals surface area contributed by atoms with Crippen LogP contribution in [-0.2, 0) is 28.7 Å². The molecule has 43 heavy (non-hydrogen) atoms. The summed E-state index contributed by atoms with van der Waals surface area (Å²) in [6.45, 7) is 9.97. The lowest BCUT2D eigenvalue weighted by Crippen LogP contribution is -2.50. The summed E-state index contributed by atoms with van der Waals surface area (Å²) < 4.78 is 5.51. The van der Waals surface area contributed by atoms with Gasteiger partial charge in [0.2, 0.25) is 11.8 Å². The van der Waals surface area contributed by atoms with Crippen molar-refractivity contribution < 1.29 is 38.9 Å². The third kappa shape index (κ3) is 7.35. The van der Waals surface area contributed by atoms with E-state index in [2.05, 4.69) is 0 Å². The van der Waals surface area contributed by atoms with E-state index in [1.807, 2.05) is 20.8 Å². The first-order chi connectivity index (χ1) is 19.9. The molecule has 0 fully saturated rings. The standard InChI is InChI=1S/C31H46N4O8/c1-16(2)20(12-17(3)22(14-36)21(13-18(4)32)29(41)34(7)8)30(42)35-19(5)25(27(39)28(33)40)26-23(43-15-24(37)38)10-9-11-31(26,35)6/h9-10,14,16-18,20-21,36H,11-13,15,32H2,1-8H3,(H2,33,40)(H,37,38)/b22-14+. The second kappa shape index (κ2) is 14.0. The van der Waals surface area contributed by atoms with Crippen LogP contribution in [0.1, 0.15) is 60.8 Å². The first kappa shape index (κ1) is 35.3. The number of aliphatic hydroxyl groups is 1. The van der Waals surface area contributed by atoms with E-state index in [0.29, 0.717) is 12.0 Å². The number of carboxylic acids is 1. The van der Waals surface area contributed by atoms with E-state index in [0.717, 1.165) is 6.26 Å². The lowest BCUT2D eigenvalue weighted by Gasteiger charge is -2.41. The number of rotatable bonds is 14. The largest absolute Gasteiger partial charge is 0.516 e. The van der Waals surface area contributed by atoms with Gasteiger partial charge >= 0.3 is 5.97 Å². The molecule has 12 heteroatoms. The fraction of sp³-hybridized carbons (Fsp3) is 0.581. The molecule has 0 saturated heterocycles. The first-order valence-electron chi connectivity index (χ1n) is 14.4. The molecule has 6 N–H and O–H groups in total. The normalized spacial score (nSPS) is 21.3. The highest BCUT2D eigenvalue weighted by Gasteiger charge is 2.53. The summed E-state index contributed by atoms with van der Waals surface area (Å²) in [6.07, 6.45) is 5.00. The summed E-state index contributed by atoms with van der Waals surface area (Å²) in [7, 11) is 3.26. The highest BCUT2D eigenvalue weighted by Crippen LogP contribution is 2.49. The highest BCUT2D eigenvalue weighted by molar-refractivity contribution is 6.43. The van der Waals surface area contributed by atoms with Crippen LogP contribution in [0.5, 0.6) is 0 Å². The van der Waals surface area contributed by atoms with Crippen LogP contribution >= 0.6 is 0 Å². The van der Waals surface area contributed by atoms with E-state index in [-0.39, 0.29) is 59.2 Å². The van der Waals surface area contributed by atoms with Crippen molar-refractivity contribution in [2.75, 3.05) is 20.7 Å². The number of carboxylic acid groups (broad SMARTS) is 1. The predicted octanol–water partition coefficient (Wildman–Crippen LogP) is 2.41. The molecule has 0 saturated carbocycles. The molecule has 0 bridgehead atoms. The first-order valence-corrected chi connectivity index (χ1v) is 14.4. The second-order valence-electron chi connectivity index (χ2n) is 12.2. The van der Waals surface area contributed by atoms with Crippen molar-refractivity contribution >= 4 is 29.5 Å². The third-order valence-corrected chi connectivity index (χ3v) is 8.23. The van der Waals surface area contributed by atoms with Crippen LogP contribution in [0.4, 0.5) is 0 Å². The molecule has 238 valence electrons. The topological polar surface area (TPSA) is 194 Å². The molecule has 1 aliphatic carbocycles. The van der Waals surface area contributed by atoms with E-state index in [4.69, 9.17) is 16.2 Å². The van der Waals surface area contributed by atoms with Crippen LogP contribution in [0.15, 0.2) is 46.6 Å². The van der Waals surface area contributed by atoms with Crippen LogP contribution in [0.25, 0.3) is 0 Å². The molecule has 3 amide bonds. The zero-order valence-corrected chi connectivity index (χ0v) is 26.3. The highest BCUT2D eigenvalue weighted by atomic mass is 16.5. The van der Waals surface area contributed by atoms with Gasteiger partial charge in [-0.2, -0.15) is 0 Å². The summed E-state index contributed by atoms with van der Waals surface area (Å²) in [5.74, 6) is -5.88. The maximum absolute atomic E-state index is 14.5. The molecule has 0 aromatic rings. The second-order valence-corrected chi connectivity index (χ2v) is 12.2. The van der Waals surface area contributed by atoms with Crippen molar-refractivity contribution in [1.82, 2.24) is 9.80 Å². The van der Waals surface area contributed by atoms with Crippen molar-refractivity contribution in [3.63, 3.8) is 0 Å². The molecule has 1 aliphatic heterocycles. The zero-order valence-electron chi connectivity index (χ0n) is 26.3. The SMILES string of the molecule is CC1=C(C(=O)C(N)=O)C2=C(OCC(=O)O)C=CCC2(C)N1C(=O)C(CC(C)/C(=C\O)C(CC(C)N)C(=O)N(C)C)C(C)C. The number of ether oxygens (including phenoxy) is 1. The van der Waals surface area contributed by atoms with E-state index < -0.39 is 47.6 Å². The van der Waals surface area contributed by atoms with Crippen molar-refractivity contribution in [3.05, 3.63) is 46.6 Å². The molecular formula is C31H46N4O8. The number of carbonyl (C=O) groups is 5. The number of amides is 3. The van der Waals surface area contributed by atoms with Crippen LogP contribution in [-0.4, -0.2) is 81.8 Å². The third-order valence-electron chi connectivity index (χ3n) is 8.23. The maximum atomic E-state index is 14.5. The lowest BCUT2D eigenvalue weighted by atomic mass is 9.76. The summed E-state index contributed by atoms with van der Waals surface area (Å²) in [5.41, 5.74) is 11.1. The van der Waals surface area contributed by atoms with E-state index in [1.54, 1.807) is 40.9 Å². The summed E-state index contributed by atoms with van der Waals surface area (Å²) in [5, 5.41) is 19.5. The predicted molar refractivity (Wildman–Crippen MR) is 160 cm³/mol. The minimum atomic E-state index is -1.24. The quantitative estimate of drug-likeness (QED) is 0.171. The number of allylic oxidation sites excluding steroid dienone is 2. The molecule has 12 nitrogen and oxygen atoms in total. The van der Waals surface area contributed by atoms with Crippen LogP contribution in [0.3, 0.4) is 0 Å². The van der Waals surface area contributed by atoms with Gasteiger partial charge in [-0.05, 0) is 63.5 Å². The Hall–Kier alpha value is -3.93. The van der Waals surface area contributed by atoms with Gasteiger partial charge in [0.15, 0.2) is 6.61 Å². The van der Waals surface area contributed by atoms with Gasteiger partial charge in [0.25, 0.3) is 11.7 Å². The van der Waals surface area contributed by atoms with Crippen LogP contribution in [0.2, 0.25) is 0 Å². The monoisotopic (exact) mass is 602 g/mol. The van der Waals surface area contributed by atoms with Gasteiger partial charge in [-0.25, -0.2) is 4.79 Å². The van der Waals surface area contributed by atoms with Gasteiger partial charge in [-0.1, -0.05) is 26.8 Å². The number of ketones is 1.